The Labute approximate surface area is 172 Å². The lowest BCUT2D eigenvalue weighted by atomic mass is 9.71. The molecule has 1 N–H and O–H groups in total. The highest BCUT2D eigenvalue weighted by molar-refractivity contribution is 6.16. The molecule has 2 fully saturated rings. The van der Waals surface area contributed by atoms with Crippen LogP contribution in [0.15, 0.2) is 30.0 Å². The highest BCUT2D eigenvalue weighted by Crippen LogP contribution is 2.50. The van der Waals surface area contributed by atoms with Gasteiger partial charge >= 0.3 is 0 Å². The average Bonchev–Trinajstić information content (AvgIpc) is 3.22. The number of piperidine rings is 1. The lowest BCUT2D eigenvalue weighted by molar-refractivity contribution is -0.114. The molecule has 29 heavy (non-hydrogen) atoms. The molecule has 3 heterocycles. The Bertz CT molecular complexity index is 864. The number of nitrogens with zero attached hydrogens (tertiary/aromatic N) is 1. The summed E-state index contributed by atoms with van der Waals surface area (Å²) in [4.78, 5) is 28.5. The molecule has 1 spiro atoms. The summed E-state index contributed by atoms with van der Waals surface area (Å²) in [5.74, 6) is 1.25. The summed E-state index contributed by atoms with van der Waals surface area (Å²) in [6.45, 7) is 5.55. The summed E-state index contributed by atoms with van der Waals surface area (Å²) in [5.41, 5.74) is 1.60. The molecule has 3 aliphatic rings. The third-order valence-electron chi connectivity index (χ3n) is 7.13. The van der Waals surface area contributed by atoms with Crippen molar-refractivity contribution in [2.24, 2.45) is 11.8 Å². The number of benzene rings is 1. The number of nitrogens with one attached hydrogen (secondary N) is 1. The van der Waals surface area contributed by atoms with E-state index in [1.54, 1.807) is 27.4 Å². The van der Waals surface area contributed by atoms with E-state index in [1.165, 1.54) is 0 Å². The van der Waals surface area contributed by atoms with Crippen LogP contribution < -0.4 is 10.1 Å². The molecule has 0 amide bonds. The monoisotopic (exact) mass is 398 g/mol. The van der Waals surface area contributed by atoms with E-state index in [2.05, 4.69) is 17.1 Å². The maximum atomic E-state index is 13.7. The van der Waals surface area contributed by atoms with E-state index in [-0.39, 0.29) is 23.5 Å². The van der Waals surface area contributed by atoms with Crippen LogP contribution in [0.1, 0.15) is 43.5 Å². The van der Waals surface area contributed by atoms with Gasteiger partial charge in [-0.15, -0.1) is 0 Å². The molecule has 1 aromatic rings. The van der Waals surface area contributed by atoms with Gasteiger partial charge in [-0.3, -0.25) is 14.5 Å². The van der Waals surface area contributed by atoms with Gasteiger partial charge in [0.25, 0.3) is 0 Å². The van der Waals surface area contributed by atoms with E-state index < -0.39 is 5.54 Å². The van der Waals surface area contributed by atoms with Crippen LogP contribution in [0.3, 0.4) is 0 Å². The summed E-state index contributed by atoms with van der Waals surface area (Å²) in [6.07, 6.45) is 4.13. The first-order chi connectivity index (χ1) is 14.0. The molecule has 0 aliphatic carbocycles. The van der Waals surface area contributed by atoms with Crippen LogP contribution in [0.2, 0.25) is 0 Å². The lowest BCUT2D eigenvalue weighted by Crippen LogP contribution is -2.57. The zero-order valence-corrected chi connectivity index (χ0v) is 17.7. The van der Waals surface area contributed by atoms with Gasteiger partial charge in [0.15, 0.2) is 11.6 Å². The van der Waals surface area contributed by atoms with Crippen molar-refractivity contribution in [3.05, 3.63) is 35.6 Å². The van der Waals surface area contributed by atoms with Gasteiger partial charge in [0.1, 0.15) is 11.3 Å². The third-order valence-corrected chi connectivity index (χ3v) is 7.13. The lowest BCUT2D eigenvalue weighted by Gasteiger charge is -2.45. The number of ether oxygens (including phenoxy) is 2. The fraction of sp³-hybridized carbons (Fsp3) is 0.565. The summed E-state index contributed by atoms with van der Waals surface area (Å²) in [5, 5.41) is 3.58. The number of rotatable bonds is 5. The molecule has 0 aromatic heterocycles. The number of carbonyl (C=O) groups excluding carboxylic acids is 2. The molecule has 0 unspecified atom stereocenters. The number of carbonyl (C=O) groups is 2. The Morgan fingerprint density at radius 3 is 2.83 bits per heavy atom. The smallest absolute Gasteiger partial charge is 0.195 e. The second kappa shape index (κ2) is 7.48. The standard InChI is InChI=1S/C23H30N2O4/c1-5-15-12-25-10-9-23(20(25)11-16(15)17(13-28-3)14(2)26)22(27)21-18(24-23)7-6-8-19(21)29-4/h6-8,13,15-16,20,24H,5,9-12H2,1-4H3/b17-13-/t15-,16+,20+,23+/m1/s1. The first kappa shape index (κ1) is 20.0. The number of anilines is 1. The van der Waals surface area contributed by atoms with Crippen molar-refractivity contribution in [1.29, 1.82) is 0 Å². The summed E-state index contributed by atoms with van der Waals surface area (Å²) < 4.78 is 10.7. The Kier molecular flexibility index (Phi) is 5.15. The predicted molar refractivity (Wildman–Crippen MR) is 111 cm³/mol. The number of hydrogen-bond donors (Lipinski definition) is 1. The Morgan fingerprint density at radius 1 is 1.38 bits per heavy atom. The maximum absolute atomic E-state index is 13.7. The summed E-state index contributed by atoms with van der Waals surface area (Å²) >= 11 is 0. The second-order valence-electron chi connectivity index (χ2n) is 8.44. The zero-order valence-electron chi connectivity index (χ0n) is 17.7. The largest absolute Gasteiger partial charge is 0.504 e. The molecule has 4 atom stereocenters. The average molecular weight is 399 g/mol. The molecular weight excluding hydrogens is 368 g/mol. The van der Waals surface area contributed by atoms with Crippen molar-refractivity contribution in [2.75, 3.05) is 32.6 Å². The van der Waals surface area contributed by atoms with E-state index in [9.17, 15) is 9.59 Å². The minimum Gasteiger partial charge on any atom is -0.504 e. The van der Waals surface area contributed by atoms with E-state index >= 15 is 0 Å². The Balaban J connectivity index is 1.71. The van der Waals surface area contributed by atoms with E-state index in [1.807, 2.05) is 18.2 Å². The highest BCUT2D eigenvalue weighted by Gasteiger charge is 2.59. The number of hydrogen-bond acceptors (Lipinski definition) is 6. The van der Waals surface area contributed by atoms with Crippen LogP contribution in [0.4, 0.5) is 5.69 Å². The molecule has 0 bridgehead atoms. The van der Waals surface area contributed by atoms with Crippen molar-refractivity contribution in [3.63, 3.8) is 0 Å². The van der Waals surface area contributed by atoms with Crippen LogP contribution in [0.25, 0.3) is 0 Å². The molecule has 0 saturated carbocycles. The van der Waals surface area contributed by atoms with E-state index in [4.69, 9.17) is 9.47 Å². The van der Waals surface area contributed by atoms with Gasteiger partial charge in [-0.05, 0) is 43.7 Å². The number of Topliss-reactive ketones (excluding diaryl/α,β-unsaturated/α-hetero) is 2. The number of fused-ring (bicyclic) bond motifs is 3. The molecular formula is C23H30N2O4. The summed E-state index contributed by atoms with van der Waals surface area (Å²) in [7, 11) is 3.19. The maximum Gasteiger partial charge on any atom is 0.195 e. The molecule has 0 radical (unpaired) electrons. The topological polar surface area (TPSA) is 67.9 Å². The van der Waals surface area contributed by atoms with Crippen molar-refractivity contribution >= 4 is 17.3 Å². The fourth-order valence-electron chi connectivity index (χ4n) is 5.71. The van der Waals surface area contributed by atoms with Crippen molar-refractivity contribution < 1.29 is 19.1 Å². The first-order valence-electron chi connectivity index (χ1n) is 10.4. The number of ketones is 2. The van der Waals surface area contributed by atoms with Crippen molar-refractivity contribution in [2.45, 2.75) is 44.7 Å². The zero-order chi connectivity index (χ0) is 20.8. The minimum absolute atomic E-state index is 0.0412. The first-order valence-corrected chi connectivity index (χ1v) is 10.4. The molecule has 3 aliphatic heterocycles. The number of allylic oxidation sites excluding steroid dienone is 1. The molecule has 1 aromatic carbocycles. The van der Waals surface area contributed by atoms with Crippen LogP contribution in [0.5, 0.6) is 5.75 Å². The van der Waals surface area contributed by atoms with Crippen LogP contribution >= 0.6 is 0 Å². The van der Waals surface area contributed by atoms with Gasteiger partial charge in [-0.25, -0.2) is 0 Å². The minimum atomic E-state index is -0.650. The normalized spacial score (nSPS) is 31.4. The van der Waals surface area contributed by atoms with Gasteiger partial charge in [0, 0.05) is 30.4 Å². The van der Waals surface area contributed by atoms with Gasteiger partial charge in [0.05, 0.1) is 26.0 Å². The van der Waals surface area contributed by atoms with Crippen LogP contribution in [-0.2, 0) is 9.53 Å². The molecule has 2 saturated heterocycles. The molecule has 6 nitrogen and oxygen atoms in total. The van der Waals surface area contributed by atoms with Crippen molar-refractivity contribution in [3.8, 4) is 5.75 Å². The highest BCUT2D eigenvalue weighted by atomic mass is 16.5. The third kappa shape index (κ3) is 2.96. The molecule has 4 rings (SSSR count). The van der Waals surface area contributed by atoms with Gasteiger partial charge in [-0.1, -0.05) is 19.4 Å². The molecule has 6 heteroatoms. The van der Waals surface area contributed by atoms with Gasteiger partial charge < -0.3 is 14.8 Å². The fourth-order valence-corrected chi connectivity index (χ4v) is 5.71. The summed E-state index contributed by atoms with van der Waals surface area (Å²) in [6, 6.07) is 5.75. The quantitative estimate of drug-likeness (QED) is 0.606. The van der Waals surface area contributed by atoms with E-state index in [0.29, 0.717) is 17.2 Å². The van der Waals surface area contributed by atoms with Crippen LogP contribution in [0, 0.1) is 11.8 Å². The van der Waals surface area contributed by atoms with Gasteiger partial charge in [-0.2, -0.15) is 0 Å². The Hall–Kier alpha value is -2.34. The van der Waals surface area contributed by atoms with Crippen molar-refractivity contribution in [1.82, 2.24) is 4.90 Å². The van der Waals surface area contributed by atoms with Gasteiger partial charge in [0.2, 0.25) is 0 Å². The molecule has 156 valence electrons. The second-order valence-corrected chi connectivity index (χ2v) is 8.44. The SMILES string of the molecule is CC[C@@H]1CN2CC[C@]3(Nc4cccc(OC)c4C3=O)[C@@H]2C[C@@H]1/C(=C\OC)C(C)=O. The Morgan fingerprint density at radius 2 is 2.17 bits per heavy atom. The van der Waals surface area contributed by atoms with Crippen LogP contribution in [-0.4, -0.2) is 55.4 Å². The number of methoxy groups -OCH3 is 2. The van der Waals surface area contributed by atoms with E-state index in [0.717, 1.165) is 43.6 Å². The predicted octanol–water partition coefficient (Wildman–Crippen LogP) is 3.28.